The zero-order chi connectivity index (χ0) is 18.2. The molecule has 142 valence electrons. The Labute approximate surface area is 176 Å². The molecular weight excluding hydrogens is 459 g/mol. The fraction of sp³-hybridized carbons (Fsp3) is 0.368. The predicted octanol–water partition coefficient (Wildman–Crippen LogP) is 3.54. The Morgan fingerprint density at radius 1 is 1.19 bits per heavy atom. The molecule has 1 aromatic heterocycles. The fourth-order valence-corrected chi connectivity index (χ4v) is 3.14. The van der Waals surface area contributed by atoms with Gasteiger partial charge in [0.05, 0.1) is 0 Å². The molecule has 5 nitrogen and oxygen atoms in total. The first kappa shape index (κ1) is 22.4. The molecule has 0 aliphatic rings. The van der Waals surface area contributed by atoms with E-state index in [0.29, 0.717) is 18.0 Å². The molecule has 0 aliphatic heterocycles. The van der Waals surface area contributed by atoms with Crippen LogP contribution in [0.5, 0.6) is 0 Å². The van der Waals surface area contributed by atoms with Crippen LogP contribution in [0, 0.1) is 0 Å². The van der Waals surface area contributed by atoms with E-state index in [-0.39, 0.29) is 29.9 Å². The van der Waals surface area contributed by atoms with Gasteiger partial charge < -0.3 is 15.5 Å². The minimum Gasteiger partial charge on any atom is -0.356 e. The molecular formula is C19H27IN4OS. The van der Waals surface area contributed by atoms with Crippen molar-refractivity contribution >= 4 is 47.2 Å². The number of guanidine groups is 1. The number of carbonyl (C=O) groups excluding carboxylic acids is 1. The van der Waals surface area contributed by atoms with Crippen molar-refractivity contribution in [2.75, 3.05) is 27.7 Å². The summed E-state index contributed by atoms with van der Waals surface area (Å²) in [5.74, 6) is 1.22. The minimum absolute atomic E-state index is 0. The normalized spacial score (nSPS) is 12.1. The Bertz CT molecular complexity index is 699. The third-order valence-electron chi connectivity index (χ3n) is 3.98. The highest BCUT2D eigenvalue weighted by molar-refractivity contribution is 14.0. The molecule has 0 fully saturated rings. The summed E-state index contributed by atoms with van der Waals surface area (Å²) in [6, 6.07) is 9.79. The monoisotopic (exact) mass is 486 g/mol. The third-order valence-corrected chi connectivity index (χ3v) is 4.68. The van der Waals surface area contributed by atoms with Crippen LogP contribution in [0.2, 0.25) is 0 Å². The molecule has 0 radical (unpaired) electrons. The SMILES string of the molecule is CN=C(NCc1ccc(C(=O)N(C)C)cc1)NCC(C)c1ccsc1.I. The van der Waals surface area contributed by atoms with E-state index in [1.165, 1.54) is 5.56 Å². The maximum Gasteiger partial charge on any atom is 0.253 e. The summed E-state index contributed by atoms with van der Waals surface area (Å²) < 4.78 is 0. The van der Waals surface area contributed by atoms with Crippen LogP contribution in [0.15, 0.2) is 46.1 Å². The van der Waals surface area contributed by atoms with Gasteiger partial charge in [-0.15, -0.1) is 24.0 Å². The van der Waals surface area contributed by atoms with E-state index in [0.717, 1.165) is 18.1 Å². The molecule has 1 atom stereocenters. The van der Waals surface area contributed by atoms with Crippen molar-refractivity contribution in [3.8, 4) is 0 Å². The van der Waals surface area contributed by atoms with Gasteiger partial charge in [0.2, 0.25) is 0 Å². The van der Waals surface area contributed by atoms with E-state index in [1.807, 2.05) is 24.3 Å². The molecule has 2 rings (SSSR count). The first-order chi connectivity index (χ1) is 12.0. The zero-order valence-corrected chi connectivity index (χ0v) is 18.8. The van der Waals surface area contributed by atoms with Crippen molar-refractivity contribution in [2.24, 2.45) is 4.99 Å². The number of thiophene rings is 1. The fourth-order valence-electron chi connectivity index (χ4n) is 2.35. The summed E-state index contributed by atoms with van der Waals surface area (Å²) in [7, 11) is 5.28. The molecule has 2 N–H and O–H groups in total. The van der Waals surface area contributed by atoms with Gasteiger partial charge in [-0.2, -0.15) is 11.3 Å². The molecule has 0 aliphatic carbocycles. The lowest BCUT2D eigenvalue weighted by molar-refractivity contribution is 0.0827. The smallest absolute Gasteiger partial charge is 0.253 e. The van der Waals surface area contributed by atoms with E-state index in [4.69, 9.17) is 0 Å². The third kappa shape index (κ3) is 6.60. The lowest BCUT2D eigenvalue weighted by Crippen LogP contribution is -2.38. The maximum absolute atomic E-state index is 11.9. The van der Waals surface area contributed by atoms with Gasteiger partial charge in [-0.3, -0.25) is 9.79 Å². The second kappa shape index (κ2) is 11.2. The topological polar surface area (TPSA) is 56.7 Å². The first-order valence-corrected chi connectivity index (χ1v) is 9.22. The second-order valence-corrected chi connectivity index (χ2v) is 6.94. The average Bonchev–Trinajstić information content (AvgIpc) is 3.16. The lowest BCUT2D eigenvalue weighted by atomic mass is 10.1. The number of nitrogens with zero attached hydrogens (tertiary/aromatic N) is 2. The minimum atomic E-state index is 0. The summed E-state index contributed by atoms with van der Waals surface area (Å²) >= 11 is 1.72. The van der Waals surface area contributed by atoms with Crippen LogP contribution in [-0.2, 0) is 6.54 Å². The van der Waals surface area contributed by atoms with Crippen LogP contribution in [0.3, 0.4) is 0 Å². The van der Waals surface area contributed by atoms with Crippen LogP contribution in [0.25, 0.3) is 0 Å². The van der Waals surface area contributed by atoms with Crippen molar-refractivity contribution in [2.45, 2.75) is 19.4 Å². The molecule has 26 heavy (non-hydrogen) atoms. The number of nitrogens with one attached hydrogen (secondary N) is 2. The van der Waals surface area contributed by atoms with Gasteiger partial charge in [-0.25, -0.2) is 0 Å². The van der Waals surface area contributed by atoms with E-state index in [2.05, 4.69) is 39.4 Å². The van der Waals surface area contributed by atoms with E-state index in [9.17, 15) is 4.79 Å². The highest BCUT2D eigenvalue weighted by Crippen LogP contribution is 2.17. The molecule has 7 heteroatoms. The molecule has 1 amide bonds. The Balaban J connectivity index is 0.00000338. The standard InChI is InChI=1S/C19H26N4OS.HI/c1-14(17-9-10-25-13-17)11-21-19(20-2)22-12-15-5-7-16(8-6-15)18(24)23(3)4;/h5-10,13-14H,11-12H2,1-4H3,(H2,20,21,22);1H. The summed E-state index contributed by atoms with van der Waals surface area (Å²) in [6.07, 6.45) is 0. The molecule has 1 unspecified atom stereocenters. The summed E-state index contributed by atoms with van der Waals surface area (Å²) in [4.78, 5) is 17.7. The van der Waals surface area contributed by atoms with Crippen LogP contribution in [-0.4, -0.2) is 44.5 Å². The molecule has 1 aromatic carbocycles. The Kier molecular flexibility index (Phi) is 9.64. The number of rotatable bonds is 6. The molecule has 0 saturated heterocycles. The Hall–Kier alpha value is -1.61. The number of aliphatic imine (C=N–C) groups is 1. The quantitative estimate of drug-likeness (QED) is 0.373. The number of amides is 1. The predicted molar refractivity (Wildman–Crippen MR) is 121 cm³/mol. The van der Waals surface area contributed by atoms with Gasteiger partial charge in [0.1, 0.15) is 0 Å². The lowest BCUT2D eigenvalue weighted by Gasteiger charge is -2.16. The highest BCUT2D eigenvalue weighted by atomic mass is 127. The molecule has 1 heterocycles. The van der Waals surface area contributed by atoms with Gasteiger partial charge in [-0.1, -0.05) is 19.1 Å². The average molecular weight is 486 g/mol. The number of carbonyl (C=O) groups is 1. The zero-order valence-electron chi connectivity index (χ0n) is 15.7. The molecule has 0 bridgehead atoms. The Morgan fingerprint density at radius 2 is 1.88 bits per heavy atom. The Morgan fingerprint density at radius 3 is 2.42 bits per heavy atom. The molecule has 2 aromatic rings. The largest absolute Gasteiger partial charge is 0.356 e. The number of hydrogen-bond acceptors (Lipinski definition) is 3. The van der Waals surface area contributed by atoms with Crippen LogP contribution in [0.1, 0.15) is 34.3 Å². The van der Waals surface area contributed by atoms with E-state index < -0.39 is 0 Å². The van der Waals surface area contributed by atoms with Crippen molar-refractivity contribution in [3.05, 3.63) is 57.8 Å². The van der Waals surface area contributed by atoms with Gasteiger partial charge in [0, 0.05) is 39.8 Å². The summed E-state index contributed by atoms with van der Waals surface area (Å²) in [5.41, 5.74) is 3.14. The molecule has 0 spiro atoms. The van der Waals surface area contributed by atoms with Gasteiger partial charge in [-0.05, 0) is 46.0 Å². The van der Waals surface area contributed by atoms with Crippen LogP contribution < -0.4 is 10.6 Å². The van der Waals surface area contributed by atoms with Crippen LogP contribution in [0.4, 0.5) is 0 Å². The van der Waals surface area contributed by atoms with Gasteiger partial charge >= 0.3 is 0 Å². The summed E-state index contributed by atoms with van der Waals surface area (Å²) in [5, 5.41) is 10.9. The maximum atomic E-state index is 11.9. The van der Waals surface area contributed by atoms with Gasteiger partial charge in [0.15, 0.2) is 5.96 Å². The van der Waals surface area contributed by atoms with Crippen molar-refractivity contribution < 1.29 is 4.79 Å². The number of halogens is 1. The van der Waals surface area contributed by atoms with E-state index in [1.54, 1.807) is 37.4 Å². The highest BCUT2D eigenvalue weighted by Gasteiger charge is 2.08. The van der Waals surface area contributed by atoms with Crippen LogP contribution >= 0.6 is 35.3 Å². The first-order valence-electron chi connectivity index (χ1n) is 8.28. The number of hydrogen-bond donors (Lipinski definition) is 2. The van der Waals surface area contributed by atoms with Crippen molar-refractivity contribution in [1.82, 2.24) is 15.5 Å². The van der Waals surface area contributed by atoms with Gasteiger partial charge in [0.25, 0.3) is 5.91 Å². The van der Waals surface area contributed by atoms with Crippen molar-refractivity contribution in [1.29, 1.82) is 0 Å². The number of benzene rings is 1. The van der Waals surface area contributed by atoms with E-state index >= 15 is 0 Å². The molecule has 0 saturated carbocycles. The summed E-state index contributed by atoms with van der Waals surface area (Å²) in [6.45, 7) is 3.68. The second-order valence-electron chi connectivity index (χ2n) is 6.16. The van der Waals surface area contributed by atoms with Crippen molar-refractivity contribution in [3.63, 3.8) is 0 Å².